The van der Waals surface area contributed by atoms with Crippen LogP contribution in [-0.2, 0) is 0 Å². The van der Waals surface area contributed by atoms with Crippen molar-refractivity contribution in [1.29, 1.82) is 0 Å². The Morgan fingerprint density at radius 2 is 2.67 bits per heavy atom. The van der Waals surface area contributed by atoms with E-state index in [0.717, 1.165) is 15.0 Å². The molecule has 1 heterocycles. The molecule has 0 fully saturated rings. The molecule has 0 aliphatic carbocycles. The summed E-state index contributed by atoms with van der Waals surface area (Å²) in [5, 5.41) is 3.65. The van der Waals surface area contributed by atoms with Crippen LogP contribution in [0.4, 0.5) is 0 Å². The van der Waals surface area contributed by atoms with Crippen LogP contribution in [0.3, 0.4) is 0 Å². The van der Waals surface area contributed by atoms with Gasteiger partial charge in [-0.2, -0.15) is 0 Å². The van der Waals surface area contributed by atoms with Gasteiger partial charge < -0.3 is 0 Å². The first kappa shape index (κ1) is 4.76. The average Bonchev–Trinajstić information content (AvgIpc) is 1.72. The zero-order valence-corrected chi connectivity index (χ0v) is 5.91. The first-order valence-electron chi connectivity index (χ1n) is 1.88. The van der Waals surface area contributed by atoms with E-state index in [4.69, 9.17) is 0 Å². The third-order valence-corrected chi connectivity index (χ3v) is 3.92. The Hall–Kier alpha value is 0.609. The monoisotopic (exact) mass is 166 g/mol. The van der Waals surface area contributed by atoms with Crippen molar-refractivity contribution in [1.82, 2.24) is 0 Å². The Bertz CT molecular complexity index is 52.6. The molecular weight excluding hydrogens is 159 g/mol. The SMILES string of the molecule is C1=C[Se]CCS1. The second-order valence-corrected chi connectivity index (χ2v) is 4.15. The fourth-order valence-corrected chi connectivity index (χ4v) is 3.28. The molecule has 0 spiro atoms. The Balaban J connectivity index is 2.26. The van der Waals surface area contributed by atoms with Gasteiger partial charge in [0.25, 0.3) is 0 Å². The van der Waals surface area contributed by atoms with E-state index >= 15 is 0 Å². The molecule has 0 atom stereocenters. The number of thioether (sulfide) groups is 1. The maximum absolute atomic E-state index is 2.29. The fraction of sp³-hybridized carbons (Fsp3) is 0.500. The molecular formula is C4H6SSe. The normalized spacial score (nSPS) is 21.3. The van der Waals surface area contributed by atoms with Crippen LogP contribution in [0.15, 0.2) is 10.4 Å². The molecule has 0 N–H and O–H groups in total. The molecule has 1 aliphatic heterocycles. The average molecular weight is 165 g/mol. The molecule has 0 saturated carbocycles. The van der Waals surface area contributed by atoms with E-state index in [1.54, 1.807) is 0 Å². The second-order valence-electron chi connectivity index (χ2n) is 1.01. The van der Waals surface area contributed by atoms with Gasteiger partial charge in [-0.05, 0) is 0 Å². The van der Waals surface area contributed by atoms with E-state index in [2.05, 4.69) is 10.4 Å². The number of rotatable bonds is 0. The van der Waals surface area contributed by atoms with Gasteiger partial charge in [0.2, 0.25) is 0 Å². The summed E-state index contributed by atoms with van der Waals surface area (Å²) in [7, 11) is 0. The van der Waals surface area contributed by atoms with E-state index in [0.29, 0.717) is 0 Å². The van der Waals surface area contributed by atoms with Gasteiger partial charge >= 0.3 is 48.2 Å². The molecule has 0 aromatic heterocycles. The molecule has 0 aromatic carbocycles. The van der Waals surface area contributed by atoms with E-state index in [1.807, 2.05) is 11.8 Å². The van der Waals surface area contributed by atoms with Crippen LogP contribution in [0, 0.1) is 0 Å². The maximum atomic E-state index is 2.29. The van der Waals surface area contributed by atoms with Crippen LogP contribution in [-0.4, -0.2) is 20.7 Å². The van der Waals surface area contributed by atoms with Crippen LogP contribution < -0.4 is 0 Å². The topological polar surface area (TPSA) is 0 Å². The van der Waals surface area contributed by atoms with E-state index in [-0.39, 0.29) is 0 Å². The van der Waals surface area contributed by atoms with Crippen molar-refractivity contribution in [2.24, 2.45) is 0 Å². The minimum absolute atomic E-state index is 0.852. The standard InChI is InChI=1S/C4H6SSe/c1-3-6-4-2-5-1/h1,3H,2,4H2. The minimum atomic E-state index is 0.852. The molecule has 0 radical (unpaired) electrons. The zero-order valence-electron chi connectivity index (χ0n) is 3.39. The molecule has 0 aromatic rings. The quantitative estimate of drug-likeness (QED) is 0.488. The first-order chi connectivity index (χ1) is 3.00. The summed E-state index contributed by atoms with van der Waals surface area (Å²) in [5.74, 6) is 1.36. The van der Waals surface area contributed by atoms with Gasteiger partial charge in [0.15, 0.2) is 0 Å². The van der Waals surface area contributed by atoms with Crippen LogP contribution in [0.1, 0.15) is 0 Å². The molecule has 0 saturated heterocycles. The summed E-state index contributed by atoms with van der Waals surface area (Å²) in [6.45, 7) is 0. The summed E-state index contributed by atoms with van der Waals surface area (Å²) < 4.78 is 0. The summed E-state index contributed by atoms with van der Waals surface area (Å²) in [6.07, 6.45) is 0. The molecule has 1 aliphatic rings. The molecule has 34 valence electrons. The van der Waals surface area contributed by atoms with Crippen LogP contribution >= 0.6 is 11.8 Å². The van der Waals surface area contributed by atoms with Crippen molar-refractivity contribution in [3.05, 3.63) is 10.4 Å². The van der Waals surface area contributed by atoms with Crippen LogP contribution in [0.25, 0.3) is 0 Å². The molecule has 6 heavy (non-hydrogen) atoms. The van der Waals surface area contributed by atoms with Crippen LogP contribution in [0.5, 0.6) is 0 Å². The summed E-state index contributed by atoms with van der Waals surface area (Å²) in [4.78, 5) is 2.29. The Labute approximate surface area is 48.5 Å². The van der Waals surface area contributed by atoms with Gasteiger partial charge in [0.1, 0.15) is 0 Å². The second kappa shape index (κ2) is 2.73. The van der Waals surface area contributed by atoms with Gasteiger partial charge in [0, 0.05) is 0 Å². The van der Waals surface area contributed by atoms with Crippen molar-refractivity contribution < 1.29 is 0 Å². The fourth-order valence-electron chi connectivity index (χ4n) is 0.311. The third-order valence-electron chi connectivity index (χ3n) is 0.567. The van der Waals surface area contributed by atoms with Crippen molar-refractivity contribution in [2.45, 2.75) is 5.32 Å². The Morgan fingerprint density at radius 1 is 1.67 bits per heavy atom. The Morgan fingerprint density at radius 3 is 2.83 bits per heavy atom. The van der Waals surface area contributed by atoms with E-state index in [1.165, 1.54) is 11.1 Å². The van der Waals surface area contributed by atoms with Gasteiger partial charge in [-0.15, -0.1) is 0 Å². The molecule has 0 bridgehead atoms. The summed E-state index contributed by atoms with van der Waals surface area (Å²) in [5.41, 5.74) is 0. The molecule has 0 unspecified atom stereocenters. The van der Waals surface area contributed by atoms with Gasteiger partial charge in [-0.25, -0.2) is 0 Å². The molecule has 0 amide bonds. The van der Waals surface area contributed by atoms with Crippen LogP contribution in [0.2, 0.25) is 5.32 Å². The van der Waals surface area contributed by atoms with E-state index < -0.39 is 0 Å². The van der Waals surface area contributed by atoms with Crippen molar-refractivity contribution in [3.63, 3.8) is 0 Å². The molecule has 2 heteroatoms. The predicted molar refractivity (Wildman–Crippen MR) is 32.2 cm³/mol. The number of hydrogen-bond acceptors (Lipinski definition) is 1. The van der Waals surface area contributed by atoms with E-state index in [9.17, 15) is 0 Å². The molecule has 1 rings (SSSR count). The van der Waals surface area contributed by atoms with Crippen molar-refractivity contribution in [3.8, 4) is 0 Å². The van der Waals surface area contributed by atoms with Crippen molar-refractivity contribution in [2.75, 3.05) is 5.75 Å². The number of hydrogen-bond donors (Lipinski definition) is 0. The van der Waals surface area contributed by atoms with Gasteiger partial charge in [0.05, 0.1) is 0 Å². The third kappa shape index (κ3) is 1.37. The van der Waals surface area contributed by atoms with Gasteiger partial charge in [-0.1, -0.05) is 0 Å². The van der Waals surface area contributed by atoms with Gasteiger partial charge in [-0.3, -0.25) is 0 Å². The summed E-state index contributed by atoms with van der Waals surface area (Å²) >= 11 is 2.78. The zero-order chi connectivity index (χ0) is 4.24. The first-order valence-corrected chi connectivity index (χ1v) is 5.13. The summed E-state index contributed by atoms with van der Waals surface area (Å²) in [6, 6.07) is 0. The predicted octanol–water partition coefficient (Wildman–Crippen LogP) is 1.33. The Kier molecular flexibility index (Phi) is 2.16. The van der Waals surface area contributed by atoms with Crippen molar-refractivity contribution >= 4 is 26.7 Å². The molecule has 0 nitrogen and oxygen atoms in total.